The van der Waals surface area contributed by atoms with Crippen LogP contribution < -0.4 is 14.4 Å². The zero-order valence-corrected chi connectivity index (χ0v) is 20.2. The molecule has 0 bridgehead atoms. The maximum absolute atomic E-state index is 14.0. The van der Waals surface area contributed by atoms with Crippen molar-refractivity contribution in [2.24, 2.45) is 16.9 Å². The summed E-state index contributed by atoms with van der Waals surface area (Å²) in [4.78, 5) is 43.1. The van der Waals surface area contributed by atoms with Crippen molar-refractivity contribution in [3.8, 4) is 11.5 Å². The maximum atomic E-state index is 14.0. The molecule has 4 aliphatic rings. The lowest BCUT2D eigenvalue weighted by Crippen LogP contribution is -2.44. The molecule has 4 heterocycles. The Hall–Kier alpha value is -4.17. The number of anilines is 1. The number of Topliss-reactive ketones (excluding diaryl/α,β-unsaturated/α-hetero) is 1. The third kappa shape index (κ3) is 3.22. The van der Waals surface area contributed by atoms with Crippen LogP contribution in [0.5, 0.6) is 11.5 Å². The van der Waals surface area contributed by atoms with Gasteiger partial charge in [-0.15, -0.1) is 0 Å². The molecule has 8 nitrogen and oxygen atoms in total. The number of ketones is 1. The number of ether oxygens (including phenoxy) is 2. The Kier molecular flexibility index (Phi) is 4.87. The number of carbonyl (C=O) groups is 3. The molecule has 4 atom stereocenters. The van der Waals surface area contributed by atoms with Crippen LogP contribution in [0.4, 0.5) is 5.69 Å². The summed E-state index contributed by atoms with van der Waals surface area (Å²) in [5.74, 6) is -1.72. The standard InChI is InChI=1S/C28H20ClN3O5/c29-17-7-5-15(6-8-17)26(33)25-23-22(24-19-4-2-1-3-16(19)14-30-32(24)25)27(34)31(28(23)35)18-9-10-20-21(13-18)37-12-11-36-20/h1-10,13-14,22-25H,11-12H2/t22-,23+,24?,25-/m0/s1. The molecule has 3 aromatic carbocycles. The van der Waals surface area contributed by atoms with E-state index in [0.29, 0.717) is 41.0 Å². The molecule has 3 aromatic rings. The third-order valence-electron chi connectivity index (χ3n) is 7.47. The quantitative estimate of drug-likeness (QED) is 0.390. The average molecular weight is 514 g/mol. The highest BCUT2D eigenvalue weighted by Crippen LogP contribution is 2.53. The largest absolute Gasteiger partial charge is 0.486 e. The molecule has 0 N–H and O–H groups in total. The van der Waals surface area contributed by atoms with E-state index in [1.165, 1.54) is 4.90 Å². The number of imide groups is 1. The highest BCUT2D eigenvalue weighted by molar-refractivity contribution is 6.30. The summed E-state index contributed by atoms with van der Waals surface area (Å²) in [6.45, 7) is 0.817. The van der Waals surface area contributed by atoms with Crippen LogP contribution in [-0.4, -0.2) is 48.1 Å². The first-order chi connectivity index (χ1) is 18.0. The van der Waals surface area contributed by atoms with E-state index in [-0.39, 0.29) is 11.7 Å². The molecule has 0 spiro atoms. The average Bonchev–Trinajstić information content (AvgIpc) is 3.40. The van der Waals surface area contributed by atoms with E-state index in [1.54, 1.807) is 53.7 Å². The monoisotopic (exact) mass is 513 g/mol. The molecular formula is C28H20ClN3O5. The number of nitrogens with zero attached hydrogens (tertiary/aromatic N) is 3. The summed E-state index contributed by atoms with van der Waals surface area (Å²) in [5, 5.41) is 6.73. The highest BCUT2D eigenvalue weighted by Gasteiger charge is 2.65. The zero-order chi connectivity index (χ0) is 25.3. The van der Waals surface area contributed by atoms with Gasteiger partial charge in [-0.2, -0.15) is 5.10 Å². The second-order valence-corrected chi connectivity index (χ2v) is 9.84. The van der Waals surface area contributed by atoms with Crippen molar-refractivity contribution in [1.29, 1.82) is 0 Å². The van der Waals surface area contributed by atoms with Crippen molar-refractivity contribution in [3.05, 3.63) is 88.4 Å². The molecule has 7 rings (SSSR count). The van der Waals surface area contributed by atoms with Gasteiger partial charge in [0, 0.05) is 16.7 Å². The number of amides is 2. The van der Waals surface area contributed by atoms with Gasteiger partial charge in [-0.25, -0.2) is 4.90 Å². The summed E-state index contributed by atoms with van der Waals surface area (Å²) < 4.78 is 11.3. The lowest BCUT2D eigenvalue weighted by molar-refractivity contribution is -0.124. The van der Waals surface area contributed by atoms with Gasteiger partial charge < -0.3 is 9.47 Å². The number of carbonyl (C=O) groups excluding carboxylic acids is 3. The van der Waals surface area contributed by atoms with Crippen molar-refractivity contribution >= 4 is 41.1 Å². The predicted molar refractivity (Wildman–Crippen MR) is 135 cm³/mol. The van der Waals surface area contributed by atoms with Crippen LogP contribution in [0, 0.1) is 11.8 Å². The summed E-state index contributed by atoms with van der Waals surface area (Å²) in [7, 11) is 0. The van der Waals surface area contributed by atoms with Gasteiger partial charge in [0.2, 0.25) is 11.8 Å². The first-order valence-electron chi connectivity index (χ1n) is 12.0. The Morgan fingerprint density at radius 3 is 2.43 bits per heavy atom. The Labute approximate surface area is 217 Å². The smallest absolute Gasteiger partial charge is 0.240 e. The minimum atomic E-state index is -0.945. The molecular weight excluding hydrogens is 494 g/mol. The molecule has 2 amide bonds. The van der Waals surface area contributed by atoms with Gasteiger partial charge in [-0.05, 0) is 47.5 Å². The topological polar surface area (TPSA) is 88.5 Å². The van der Waals surface area contributed by atoms with E-state index in [9.17, 15) is 14.4 Å². The van der Waals surface area contributed by atoms with Crippen LogP contribution in [0.1, 0.15) is 27.5 Å². The SMILES string of the molecule is O=C(c1ccc(Cl)cc1)[C@@H]1[C@@H]2C(=O)N(c3ccc4c(c3)OCCO4)C(=O)[C@@H]2C2c3ccccc3C=NN21. The number of benzene rings is 3. The van der Waals surface area contributed by atoms with E-state index in [4.69, 9.17) is 21.1 Å². The maximum Gasteiger partial charge on any atom is 0.240 e. The predicted octanol–water partition coefficient (Wildman–Crippen LogP) is 3.87. The molecule has 0 radical (unpaired) electrons. The summed E-state index contributed by atoms with van der Waals surface area (Å²) in [5.41, 5.74) is 2.52. The van der Waals surface area contributed by atoms with E-state index >= 15 is 0 Å². The number of hydrogen-bond acceptors (Lipinski definition) is 7. The first-order valence-corrected chi connectivity index (χ1v) is 12.4. The van der Waals surface area contributed by atoms with Gasteiger partial charge in [0.05, 0.1) is 29.8 Å². The first kappa shape index (κ1) is 22.1. The molecule has 37 heavy (non-hydrogen) atoms. The number of halogens is 1. The summed E-state index contributed by atoms with van der Waals surface area (Å²) in [6, 6.07) is 17.7. The lowest BCUT2D eigenvalue weighted by atomic mass is 9.83. The van der Waals surface area contributed by atoms with Gasteiger partial charge >= 0.3 is 0 Å². The summed E-state index contributed by atoms with van der Waals surface area (Å²) in [6.07, 6.45) is 1.68. The van der Waals surface area contributed by atoms with Gasteiger partial charge in [0.15, 0.2) is 17.3 Å². The molecule has 4 aliphatic heterocycles. The van der Waals surface area contributed by atoms with Gasteiger partial charge in [-0.3, -0.25) is 19.4 Å². The second kappa shape index (κ2) is 8.18. The van der Waals surface area contributed by atoms with E-state index in [1.807, 2.05) is 24.3 Å². The Bertz CT molecular complexity index is 1500. The van der Waals surface area contributed by atoms with E-state index in [2.05, 4.69) is 5.10 Å². The van der Waals surface area contributed by atoms with Crippen LogP contribution in [-0.2, 0) is 9.59 Å². The molecule has 184 valence electrons. The van der Waals surface area contributed by atoms with Gasteiger partial charge in [0.1, 0.15) is 19.3 Å². The molecule has 0 saturated carbocycles. The molecule has 1 unspecified atom stereocenters. The molecule has 0 aliphatic carbocycles. The number of fused-ring (bicyclic) bond motifs is 6. The van der Waals surface area contributed by atoms with Crippen LogP contribution in [0.25, 0.3) is 0 Å². The molecule has 2 saturated heterocycles. The van der Waals surface area contributed by atoms with E-state index < -0.39 is 29.8 Å². The highest BCUT2D eigenvalue weighted by atomic mass is 35.5. The molecule has 0 aromatic heterocycles. The Morgan fingerprint density at radius 2 is 1.62 bits per heavy atom. The van der Waals surface area contributed by atoms with Gasteiger partial charge in [0.25, 0.3) is 0 Å². The summed E-state index contributed by atoms with van der Waals surface area (Å²) >= 11 is 6.04. The minimum absolute atomic E-state index is 0.282. The number of hydrogen-bond donors (Lipinski definition) is 0. The van der Waals surface area contributed by atoms with Crippen LogP contribution in [0.2, 0.25) is 5.02 Å². The minimum Gasteiger partial charge on any atom is -0.486 e. The van der Waals surface area contributed by atoms with Crippen LogP contribution in [0.15, 0.2) is 71.8 Å². The van der Waals surface area contributed by atoms with Crippen molar-refractivity contribution < 1.29 is 23.9 Å². The third-order valence-corrected chi connectivity index (χ3v) is 7.73. The lowest BCUT2D eigenvalue weighted by Gasteiger charge is -2.33. The van der Waals surface area contributed by atoms with Crippen LogP contribution >= 0.6 is 11.6 Å². The van der Waals surface area contributed by atoms with E-state index in [0.717, 1.165) is 11.1 Å². The van der Waals surface area contributed by atoms with Crippen molar-refractivity contribution in [3.63, 3.8) is 0 Å². The fourth-order valence-electron chi connectivity index (χ4n) is 5.88. The van der Waals surface area contributed by atoms with Gasteiger partial charge in [-0.1, -0.05) is 35.9 Å². The molecule has 9 heteroatoms. The fraction of sp³-hybridized carbons (Fsp3) is 0.214. The Morgan fingerprint density at radius 1 is 0.892 bits per heavy atom. The van der Waals surface area contributed by atoms with Crippen molar-refractivity contribution in [2.75, 3.05) is 18.1 Å². The zero-order valence-electron chi connectivity index (χ0n) is 19.4. The Balaban J connectivity index is 1.35. The van der Waals surface area contributed by atoms with Crippen LogP contribution in [0.3, 0.4) is 0 Å². The number of hydrazone groups is 1. The fourth-order valence-corrected chi connectivity index (χ4v) is 6.00. The number of rotatable bonds is 3. The van der Waals surface area contributed by atoms with Crippen molar-refractivity contribution in [2.45, 2.75) is 12.1 Å². The second-order valence-electron chi connectivity index (χ2n) is 9.41. The normalized spacial score (nSPS) is 25.1. The van der Waals surface area contributed by atoms with Crippen molar-refractivity contribution in [1.82, 2.24) is 5.01 Å². The molecule has 2 fully saturated rings.